The second-order valence-corrected chi connectivity index (χ2v) is 6.27. The highest BCUT2D eigenvalue weighted by molar-refractivity contribution is 6.32. The molecule has 0 aliphatic heterocycles. The molecule has 0 fully saturated rings. The van der Waals surface area contributed by atoms with E-state index in [2.05, 4.69) is 5.32 Å². The van der Waals surface area contributed by atoms with Gasteiger partial charge >= 0.3 is 5.97 Å². The van der Waals surface area contributed by atoms with Gasteiger partial charge in [0.2, 0.25) is 0 Å². The summed E-state index contributed by atoms with van der Waals surface area (Å²) in [5.74, 6) is -0.354. The van der Waals surface area contributed by atoms with Crippen molar-refractivity contribution in [1.82, 2.24) is 5.32 Å². The fourth-order valence-electron chi connectivity index (χ4n) is 1.87. The lowest BCUT2D eigenvalue weighted by Crippen LogP contribution is -2.39. The lowest BCUT2D eigenvalue weighted by molar-refractivity contribution is -0.129. The summed E-state index contributed by atoms with van der Waals surface area (Å²) < 4.78 is 16.0. The van der Waals surface area contributed by atoms with E-state index in [-0.39, 0.29) is 28.6 Å². The highest BCUT2D eigenvalue weighted by Crippen LogP contribution is 2.37. The molecule has 0 heterocycles. The van der Waals surface area contributed by atoms with Gasteiger partial charge in [-0.15, -0.1) is 0 Å². The number of esters is 1. The van der Waals surface area contributed by atoms with Gasteiger partial charge in [-0.2, -0.15) is 0 Å². The summed E-state index contributed by atoms with van der Waals surface area (Å²) in [7, 11) is 1.45. The van der Waals surface area contributed by atoms with E-state index in [1.807, 2.05) is 27.7 Å². The van der Waals surface area contributed by atoms with Crippen molar-refractivity contribution >= 4 is 23.5 Å². The summed E-state index contributed by atoms with van der Waals surface area (Å²) >= 11 is 6.18. The highest BCUT2D eigenvalue weighted by Gasteiger charge is 2.22. The van der Waals surface area contributed by atoms with Crippen LogP contribution in [0.1, 0.15) is 45.0 Å². The van der Waals surface area contributed by atoms with E-state index >= 15 is 0 Å². The lowest BCUT2D eigenvalue weighted by Gasteiger charge is -2.18. The third-order valence-electron chi connectivity index (χ3n) is 2.90. The van der Waals surface area contributed by atoms with Crippen LogP contribution in [0.25, 0.3) is 0 Å². The number of methoxy groups -OCH3 is 1. The molecular formula is C17H24ClNO5. The van der Waals surface area contributed by atoms with Crippen LogP contribution in [0.4, 0.5) is 0 Å². The smallest absolute Gasteiger partial charge is 0.339 e. The van der Waals surface area contributed by atoms with E-state index in [1.54, 1.807) is 0 Å². The highest BCUT2D eigenvalue weighted by atomic mass is 35.5. The van der Waals surface area contributed by atoms with Crippen LogP contribution in [0.15, 0.2) is 12.1 Å². The van der Waals surface area contributed by atoms with Gasteiger partial charge in [0, 0.05) is 6.04 Å². The Hall–Kier alpha value is -1.95. The molecule has 1 N–H and O–H groups in total. The van der Waals surface area contributed by atoms with Gasteiger partial charge < -0.3 is 19.5 Å². The van der Waals surface area contributed by atoms with Crippen molar-refractivity contribution in [2.45, 2.75) is 52.9 Å². The number of amides is 1. The number of carbonyl (C=O) groups is 2. The van der Waals surface area contributed by atoms with Crippen LogP contribution in [0.2, 0.25) is 5.02 Å². The van der Waals surface area contributed by atoms with Crippen molar-refractivity contribution in [3.8, 4) is 11.5 Å². The maximum absolute atomic E-state index is 12.2. The maximum atomic E-state index is 12.2. The van der Waals surface area contributed by atoms with Crippen LogP contribution < -0.4 is 14.8 Å². The van der Waals surface area contributed by atoms with Crippen molar-refractivity contribution < 1.29 is 23.8 Å². The minimum absolute atomic E-state index is 0.0411. The molecule has 0 aliphatic carbocycles. The molecule has 134 valence electrons. The minimum atomic E-state index is -0.920. The zero-order valence-corrected chi connectivity index (χ0v) is 15.6. The van der Waals surface area contributed by atoms with E-state index in [9.17, 15) is 9.59 Å². The quantitative estimate of drug-likeness (QED) is 0.758. The number of rotatable bonds is 7. The summed E-state index contributed by atoms with van der Waals surface area (Å²) in [5, 5.41) is 2.91. The number of hydrogen-bond acceptors (Lipinski definition) is 5. The van der Waals surface area contributed by atoms with Gasteiger partial charge in [-0.3, -0.25) is 4.79 Å². The molecular weight excluding hydrogens is 334 g/mol. The second-order valence-electron chi connectivity index (χ2n) is 5.87. The Morgan fingerprint density at radius 1 is 1.12 bits per heavy atom. The van der Waals surface area contributed by atoms with Crippen molar-refractivity contribution in [3.63, 3.8) is 0 Å². The van der Waals surface area contributed by atoms with Gasteiger partial charge in [0.1, 0.15) is 0 Å². The first-order chi connectivity index (χ1) is 11.1. The van der Waals surface area contributed by atoms with Gasteiger partial charge in [-0.05, 0) is 46.8 Å². The molecule has 0 saturated carbocycles. The number of halogens is 1. The average Bonchev–Trinajstić information content (AvgIpc) is 2.47. The number of carbonyl (C=O) groups excluding carboxylic acids is 2. The van der Waals surface area contributed by atoms with Gasteiger partial charge in [-0.25, -0.2) is 4.79 Å². The Balaban J connectivity index is 2.95. The number of nitrogens with one attached hydrogen (secondary N) is 1. The molecule has 0 bridgehead atoms. The number of ether oxygens (including phenoxy) is 3. The predicted octanol–water partition coefficient (Wildman–Crippen LogP) is 3.21. The molecule has 1 amide bonds. The van der Waals surface area contributed by atoms with Crippen LogP contribution in [-0.4, -0.2) is 37.2 Å². The molecule has 0 aliphatic rings. The van der Waals surface area contributed by atoms with E-state index in [1.165, 1.54) is 26.2 Å². The van der Waals surface area contributed by atoms with Gasteiger partial charge in [-0.1, -0.05) is 11.6 Å². The van der Waals surface area contributed by atoms with Crippen LogP contribution in [0.3, 0.4) is 0 Å². The summed E-state index contributed by atoms with van der Waals surface area (Å²) in [6, 6.07) is 2.86. The molecule has 1 aromatic rings. The molecule has 0 saturated heterocycles. The van der Waals surface area contributed by atoms with Crippen LogP contribution in [-0.2, 0) is 9.53 Å². The topological polar surface area (TPSA) is 73.9 Å². The molecule has 7 heteroatoms. The third-order valence-corrected chi connectivity index (χ3v) is 3.18. The largest absolute Gasteiger partial charge is 0.493 e. The fraction of sp³-hybridized carbons (Fsp3) is 0.529. The monoisotopic (exact) mass is 357 g/mol. The van der Waals surface area contributed by atoms with Crippen molar-refractivity contribution in [1.29, 1.82) is 0 Å². The summed E-state index contributed by atoms with van der Waals surface area (Å²) in [6.07, 6.45) is -1.02. The Morgan fingerprint density at radius 3 is 2.25 bits per heavy atom. The normalized spacial score (nSPS) is 12.0. The molecule has 0 aromatic heterocycles. The average molecular weight is 358 g/mol. The van der Waals surface area contributed by atoms with Gasteiger partial charge in [0.15, 0.2) is 17.6 Å². The van der Waals surface area contributed by atoms with Crippen LogP contribution in [0, 0.1) is 0 Å². The maximum Gasteiger partial charge on any atom is 0.339 e. The van der Waals surface area contributed by atoms with E-state index in [4.69, 9.17) is 25.8 Å². The Bertz CT molecular complexity index is 601. The summed E-state index contributed by atoms with van der Waals surface area (Å²) in [4.78, 5) is 24.1. The molecule has 1 atom stereocenters. The summed E-state index contributed by atoms with van der Waals surface area (Å²) in [6.45, 7) is 8.86. The first-order valence-corrected chi connectivity index (χ1v) is 8.09. The second kappa shape index (κ2) is 8.78. The zero-order valence-electron chi connectivity index (χ0n) is 14.8. The lowest BCUT2D eigenvalue weighted by atomic mass is 10.2. The van der Waals surface area contributed by atoms with Crippen molar-refractivity contribution in [2.24, 2.45) is 0 Å². The molecule has 6 nitrogen and oxygen atoms in total. The van der Waals surface area contributed by atoms with Crippen LogP contribution in [0.5, 0.6) is 11.5 Å². The number of hydrogen-bond donors (Lipinski definition) is 1. The van der Waals surface area contributed by atoms with Crippen molar-refractivity contribution in [3.05, 3.63) is 22.7 Å². The first-order valence-electron chi connectivity index (χ1n) is 7.71. The van der Waals surface area contributed by atoms with Gasteiger partial charge in [0.25, 0.3) is 5.91 Å². The summed E-state index contributed by atoms with van der Waals surface area (Å²) in [5.41, 5.74) is 0.178. The van der Waals surface area contributed by atoms with E-state index in [0.717, 1.165) is 0 Å². The SMILES string of the molecule is COc1cc(C(=O)OC(C)C(=O)NC(C)C)cc(Cl)c1OC(C)C. The Morgan fingerprint density at radius 2 is 1.75 bits per heavy atom. The Labute approximate surface area is 147 Å². The van der Waals surface area contributed by atoms with E-state index < -0.39 is 12.1 Å². The molecule has 0 radical (unpaired) electrons. The first kappa shape index (κ1) is 20.1. The fourth-order valence-corrected chi connectivity index (χ4v) is 2.13. The third kappa shape index (κ3) is 5.60. The molecule has 24 heavy (non-hydrogen) atoms. The standard InChI is InChI=1S/C17H24ClNO5/c1-9(2)19-16(20)11(5)24-17(21)12-7-13(18)15(23-10(3)4)14(8-12)22-6/h7-11H,1-6H3,(H,19,20). The van der Waals surface area contributed by atoms with Crippen molar-refractivity contribution in [2.75, 3.05) is 7.11 Å². The number of benzene rings is 1. The molecule has 1 unspecified atom stereocenters. The van der Waals surface area contributed by atoms with E-state index in [0.29, 0.717) is 11.5 Å². The molecule has 0 spiro atoms. The Kier molecular flexibility index (Phi) is 7.35. The predicted molar refractivity (Wildman–Crippen MR) is 91.9 cm³/mol. The molecule has 1 rings (SSSR count). The molecule has 1 aromatic carbocycles. The van der Waals surface area contributed by atoms with Gasteiger partial charge in [0.05, 0.1) is 23.8 Å². The minimum Gasteiger partial charge on any atom is -0.493 e. The zero-order chi connectivity index (χ0) is 18.4. The van der Waals surface area contributed by atoms with Crippen LogP contribution >= 0.6 is 11.6 Å².